The Balaban J connectivity index is 1.46. The van der Waals surface area contributed by atoms with Gasteiger partial charge in [-0.2, -0.15) is 0 Å². The van der Waals surface area contributed by atoms with Crippen LogP contribution in [-0.2, 0) is 4.74 Å². The highest BCUT2D eigenvalue weighted by Crippen LogP contribution is 2.68. The van der Waals surface area contributed by atoms with Gasteiger partial charge in [0.15, 0.2) is 0 Å². The molecule has 0 spiro atoms. The van der Waals surface area contributed by atoms with Crippen molar-refractivity contribution >= 4 is 0 Å². The van der Waals surface area contributed by atoms with E-state index >= 15 is 0 Å². The van der Waals surface area contributed by atoms with E-state index in [2.05, 4.69) is 27.7 Å². The monoisotopic (exact) mass is 392 g/mol. The second kappa shape index (κ2) is 6.42. The molecule has 5 aliphatic rings. The molecule has 4 nitrogen and oxygen atoms in total. The van der Waals surface area contributed by atoms with Crippen LogP contribution in [0.2, 0.25) is 0 Å². The molecule has 5 fully saturated rings. The topological polar surface area (TPSA) is 73.2 Å². The molecule has 3 N–H and O–H groups in total. The van der Waals surface area contributed by atoms with Crippen LogP contribution in [0.4, 0.5) is 0 Å². The Hall–Kier alpha value is -0.160. The molecule has 4 heteroatoms. The average molecular weight is 393 g/mol. The van der Waals surface area contributed by atoms with Crippen LogP contribution < -0.4 is 0 Å². The predicted molar refractivity (Wildman–Crippen MR) is 108 cm³/mol. The van der Waals surface area contributed by atoms with Crippen LogP contribution in [0, 0.1) is 46.3 Å². The maximum absolute atomic E-state index is 11.5. The van der Waals surface area contributed by atoms with Crippen molar-refractivity contribution in [2.75, 3.05) is 0 Å². The molecule has 13 unspecified atom stereocenters. The Morgan fingerprint density at radius 2 is 1.68 bits per heavy atom. The van der Waals surface area contributed by atoms with Crippen molar-refractivity contribution in [3.63, 3.8) is 0 Å². The van der Waals surface area contributed by atoms with Crippen molar-refractivity contribution in [1.82, 2.24) is 0 Å². The molecular weight excluding hydrogens is 352 g/mol. The number of hydrogen-bond acceptors (Lipinski definition) is 4. The lowest BCUT2D eigenvalue weighted by Gasteiger charge is -2.63. The lowest BCUT2D eigenvalue weighted by molar-refractivity contribution is -0.207. The molecule has 0 bridgehead atoms. The van der Waals surface area contributed by atoms with Crippen molar-refractivity contribution in [2.24, 2.45) is 46.3 Å². The highest BCUT2D eigenvalue weighted by molar-refractivity contribution is 5.15. The summed E-state index contributed by atoms with van der Waals surface area (Å²) in [4.78, 5) is 0. The highest BCUT2D eigenvalue weighted by atomic mass is 16.6. The van der Waals surface area contributed by atoms with Crippen molar-refractivity contribution in [3.8, 4) is 0 Å². The van der Waals surface area contributed by atoms with Crippen LogP contribution in [0.1, 0.15) is 72.6 Å². The Morgan fingerprint density at radius 1 is 0.964 bits per heavy atom. The number of fused-ring (bicyclic) bond motifs is 5. The molecule has 4 aliphatic carbocycles. The summed E-state index contributed by atoms with van der Waals surface area (Å²) in [6.45, 7) is 9.21. The third kappa shape index (κ3) is 2.57. The molecule has 0 radical (unpaired) electrons. The fraction of sp³-hybridized carbons (Fsp3) is 1.00. The van der Waals surface area contributed by atoms with Gasteiger partial charge in [-0.3, -0.25) is 0 Å². The maximum atomic E-state index is 11.5. The minimum atomic E-state index is -0.294. The van der Waals surface area contributed by atoms with Gasteiger partial charge in [-0.1, -0.05) is 20.8 Å². The van der Waals surface area contributed by atoms with E-state index in [1.54, 1.807) is 0 Å². The number of ether oxygens (including phenoxy) is 1. The fourth-order valence-corrected chi connectivity index (χ4v) is 9.05. The van der Waals surface area contributed by atoms with E-state index in [1.165, 1.54) is 0 Å². The van der Waals surface area contributed by atoms with Crippen LogP contribution in [-0.4, -0.2) is 45.8 Å². The average Bonchev–Trinajstić information content (AvgIpc) is 3.26. The molecule has 0 aromatic heterocycles. The smallest absolute Gasteiger partial charge is 0.0867 e. The second-order valence-electron chi connectivity index (χ2n) is 11.7. The first-order chi connectivity index (χ1) is 13.2. The van der Waals surface area contributed by atoms with E-state index in [-0.39, 0.29) is 29.1 Å². The Kier molecular flexibility index (Phi) is 4.53. The molecule has 0 aromatic carbocycles. The van der Waals surface area contributed by atoms with Gasteiger partial charge < -0.3 is 20.1 Å². The van der Waals surface area contributed by atoms with E-state index in [0.717, 1.165) is 44.9 Å². The summed E-state index contributed by atoms with van der Waals surface area (Å²) >= 11 is 0. The van der Waals surface area contributed by atoms with Crippen LogP contribution in [0.15, 0.2) is 0 Å². The molecule has 160 valence electrons. The highest BCUT2D eigenvalue weighted by Gasteiger charge is 2.66. The largest absolute Gasteiger partial charge is 0.393 e. The predicted octanol–water partition coefficient (Wildman–Crippen LogP) is 3.37. The van der Waals surface area contributed by atoms with Crippen LogP contribution >= 0.6 is 0 Å². The molecular formula is C24H40O4. The van der Waals surface area contributed by atoms with Gasteiger partial charge in [-0.25, -0.2) is 0 Å². The third-order valence-electron chi connectivity index (χ3n) is 10.7. The van der Waals surface area contributed by atoms with Gasteiger partial charge in [0.05, 0.1) is 30.5 Å². The zero-order valence-corrected chi connectivity index (χ0v) is 18.1. The number of rotatable bonds is 2. The van der Waals surface area contributed by atoms with Gasteiger partial charge >= 0.3 is 0 Å². The van der Waals surface area contributed by atoms with Crippen molar-refractivity contribution in [2.45, 2.75) is 103 Å². The number of aliphatic hydroxyl groups excluding tert-OH is 3. The van der Waals surface area contributed by atoms with Crippen molar-refractivity contribution < 1.29 is 20.1 Å². The van der Waals surface area contributed by atoms with Gasteiger partial charge in [0.25, 0.3) is 0 Å². The van der Waals surface area contributed by atoms with E-state index in [1.807, 2.05) is 0 Å². The normalized spacial score (nSPS) is 61.8. The molecule has 13 atom stereocenters. The Labute approximate surface area is 170 Å². The number of epoxide rings is 1. The number of aliphatic hydroxyl groups is 3. The Morgan fingerprint density at radius 3 is 2.36 bits per heavy atom. The van der Waals surface area contributed by atoms with E-state index in [9.17, 15) is 15.3 Å². The first-order valence-corrected chi connectivity index (χ1v) is 11.9. The van der Waals surface area contributed by atoms with Gasteiger partial charge in [0, 0.05) is 0 Å². The lowest BCUT2D eigenvalue weighted by atomic mass is 9.43. The zero-order chi connectivity index (χ0) is 20.0. The van der Waals surface area contributed by atoms with Crippen LogP contribution in [0.5, 0.6) is 0 Å². The molecule has 5 rings (SSSR count). The summed E-state index contributed by atoms with van der Waals surface area (Å²) in [7, 11) is 0. The molecule has 1 saturated heterocycles. The zero-order valence-electron chi connectivity index (χ0n) is 18.1. The quantitative estimate of drug-likeness (QED) is 0.630. The van der Waals surface area contributed by atoms with Gasteiger partial charge in [0.1, 0.15) is 0 Å². The van der Waals surface area contributed by atoms with Gasteiger partial charge in [-0.15, -0.1) is 0 Å². The second-order valence-corrected chi connectivity index (χ2v) is 11.7. The van der Waals surface area contributed by atoms with E-state index in [0.29, 0.717) is 47.7 Å². The molecule has 1 heterocycles. The van der Waals surface area contributed by atoms with Gasteiger partial charge in [0.2, 0.25) is 0 Å². The molecule has 0 amide bonds. The number of hydrogen-bond donors (Lipinski definition) is 3. The summed E-state index contributed by atoms with van der Waals surface area (Å²) in [5.74, 6) is 2.44. The molecule has 28 heavy (non-hydrogen) atoms. The van der Waals surface area contributed by atoms with Crippen LogP contribution in [0.3, 0.4) is 0 Å². The molecule has 4 saturated carbocycles. The van der Waals surface area contributed by atoms with Crippen molar-refractivity contribution in [1.29, 1.82) is 0 Å². The molecule has 0 aromatic rings. The summed E-state index contributed by atoms with van der Waals surface area (Å²) < 4.78 is 5.82. The first-order valence-electron chi connectivity index (χ1n) is 11.9. The summed E-state index contributed by atoms with van der Waals surface area (Å²) in [6.07, 6.45) is 6.60. The maximum Gasteiger partial charge on any atom is 0.0867 e. The van der Waals surface area contributed by atoms with E-state index < -0.39 is 0 Å². The standard InChI is InChI=1S/C24H40O4/c1-12(22-13(2)28-22)16-5-6-17-21-18(11-20(27)24(16,17)4)23(3)8-7-15(25)9-14(23)10-19(21)26/h12-22,25-27H,5-11H2,1-4H3. The first kappa shape index (κ1) is 19.8. The van der Waals surface area contributed by atoms with Crippen molar-refractivity contribution in [3.05, 3.63) is 0 Å². The minimum Gasteiger partial charge on any atom is -0.393 e. The molecule has 1 aliphatic heterocycles. The minimum absolute atomic E-state index is 0.107. The fourth-order valence-electron chi connectivity index (χ4n) is 9.05. The van der Waals surface area contributed by atoms with Crippen LogP contribution in [0.25, 0.3) is 0 Å². The summed E-state index contributed by atoms with van der Waals surface area (Å²) in [6, 6.07) is 0. The third-order valence-corrected chi connectivity index (χ3v) is 10.7. The van der Waals surface area contributed by atoms with Gasteiger partial charge in [-0.05, 0) is 98.2 Å². The lowest BCUT2D eigenvalue weighted by Crippen LogP contribution is -2.62. The van der Waals surface area contributed by atoms with E-state index in [4.69, 9.17) is 4.74 Å². The summed E-state index contributed by atoms with van der Waals surface area (Å²) in [5, 5.41) is 33.0. The SMILES string of the molecule is CC1OC1C(C)C1CCC2C3C(O)CC4CC(O)CCC4(C)C3CC(O)C12C. The summed E-state index contributed by atoms with van der Waals surface area (Å²) in [5.41, 5.74) is 0.0495. The Bertz CT molecular complexity index is 624.